The molecule has 0 saturated heterocycles. The molecule has 1 aromatic carbocycles. The van der Waals surface area contributed by atoms with Crippen molar-refractivity contribution in [3.8, 4) is 5.75 Å². The molecule has 17 heavy (non-hydrogen) atoms. The zero-order valence-corrected chi connectivity index (χ0v) is 11.8. The number of methoxy groups -OCH3 is 1. The van der Waals surface area contributed by atoms with E-state index < -0.39 is 6.10 Å². The van der Waals surface area contributed by atoms with Crippen LogP contribution < -0.4 is 4.74 Å². The van der Waals surface area contributed by atoms with Gasteiger partial charge >= 0.3 is 0 Å². The van der Waals surface area contributed by atoms with Crippen LogP contribution in [0.3, 0.4) is 0 Å². The van der Waals surface area contributed by atoms with Gasteiger partial charge in [-0.3, -0.25) is 0 Å². The van der Waals surface area contributed by atoms with Crippen LogP contribution in [0.1, 0.15) is 16.5 Å². The van der Waals surface area contributed by atoms with Gasteiger partial charge in [-0.25, -0.2) is 0 Å². The fourth-order valence-electron chi connectivity index (χ4n) is 1.63. The molecule has 0 spiro atoms. The predicted molar refractivity (Wildman–Crippen MR) is 73.7 cm³/mol. The molecule has 0 amide bonds. The van der Waals surface area contributed by atoms with E-state index in [2.05, 4.69) is 15.9 Å². The van der Waals surface area contributed by atoms with E-state index in [4.69, 9.17) is 4.74 Å². The van der Waals surface area contributed by atoms with Gasteiger partial charge in [-0.15, -0.1) is 11.3 Å². The number of hydrogen-bond acceptors (Lipinski definition) is 3. The second kappa shape index (κ2) is 5.67. The molecule has 1 atom stereocenters. The highest BCUT2D eigenvalue weighted by molar-refractivity contribution is 9.10. The molecule has 0 aliphatic carbocycles. The molecule has 1 N–H and O–H groups in total. The average molecular weight is 313 g/mol. The maximum atomic E-state index is 10.2. The SMILES string of the molecule is COc1ccc(Br)c(C(O)Cc2cccs2)c1. The van der Waals surface area contributed by atoms with Crippen LogP contribution >= 0.6 is 27.3 Å². The number of thiophene rings is 1. The minimum atomic E-state index is -0.516. The molecular formula is C13H13BrO2S. The van der Waals surface area contributed by atoms with Gasteiger partial charge in [0.2, 0.25) is 0 Å². The van der Waals surface area contributed by atoms with Gasteiger partial charge in [0.1, 0.15) is 5.75 Å². The number of benzene rings is 1. The molecule has 0 aliphatic rings. The summed E-state index contributed by atoms with van der Waals surface area (Å²) in [5.41, 5.74) is 0.859. The van der Waals surface area contributed by atoms with Gasteiger partial charge in [-0.05, 0) is 35.2 Å². The Morgan fingerprint density at radius 3 is 2.88 bits per heavy atom. The first-order valence-electron chi connectivity index (χ1n) is 5.24. The maximum Gasteiger partial charge on any atom is 0.119 e. The first-order valence-corrected chi connectivity index (χ1v) is 6.92. The summed E-state index contributed by atoms with van der Waals surface area (Å²) in [6.07, 6.45) is 0.113. The molecule has 2 aromatic rings. The predicted octanol–water partition coefficient (Wildman–Crippen LogP) is 3.80. The Morgan fingerprint density at radius 2 is 2.24 bits per heavy atom. The van der Waals surface area contributed by atoms with Gasteiger partial charge in [0.15, 0.2) is 0 Å². The number of ether oxygens (including phenoxy) is 1. The molecule has 0 aliphatic heterocycles. The van der Waals surface area contributed by atoms with E-state index in [1.807, 2.05) is 35.7 Å². The minimum absolute atomic E-state index is 0.516. The molecule has 1 heterocycles. The number of halogens is 1. The molecule has 0 saturated carbocycles. The van der Waals surface area contributed by atoms with E-state index in [-0.39, 0.29) is 0 Å². The van der Waals surface area contributed by atoms with Gasteiger partial charge in [0.25, 0.3) is 0 Å². The zero-order chi connectivity index (χ0) is 12.3. The van der Waals surface area contributed by atoms with E-state index in [1.54, 1.807) is 18.4 Å². The topological polar surface area (TPSA) is 29.5 Å². The number of hydrogen-bond donors (Lipinski definition) is 1. The largest absolute Gasteiger partial charge is 0.497 e. The van der Waals surface area contributed by atoms with E-state index in [0.717, 1.165) is 15.8 Å². The fraction of sp³-hybridized carbons (Fsp3) is 0.231. The van der Waals surface area contributed by atoms with Crippen molar-refractivity contribution in [2.45, 2.75) is 12.5 Å². The molecule has 1 aromatic heterocycles. The van der Waals surface area contributed by atoms with Crippen LogP contribution in [0.2, 0.25) is 0 Å². The van der Waals surface area contributed by atoms with Gasteiger partial charge in [-0.2, -0.15) is 0 Å². The first-order chi connectivity index (χ1) is 8.20. The highest BCUT2D eigenvalue weighted by atomic mass is 79.9. The summed E-state index contributed by atoms with van der Waals surface area (Å²) < 4.78 is 6.07. The monoisotopic (exact) mass is 312 g/mol. The summed E-state index contributed by atoms with van der Waals surface area (Å²) in [5, 5.41) is 12.2. The molecule has 90 valence electrons. The van der Waals surface area contributed by atoms with Crippen molar-refractivity contribution in [3.05, 3.63) is 50.6 Å². The van der Waals surface area contributed by atoms with E-state index in [1.165, 1.54) is 4.88 Å². The molecule has 4 heteroatoms. The third kappa shape index (κ3) is 3.09. The molecule has 0 bridgehead atoms. The lowest BCUT2D eigenvalue weighted by atomic mass is 10.1. The van der Waals surface area contributed by atoms with Crippen LogP contribution in [0.25, 0.3) is 0 Å². The normalized spacial score (nSPS) is 12.4. The van der Waals surface area contributed by atoms with Crippen molar-refractivity contribution in [2.75, 3.05) is 7.11 Å². The summed E-state index contributed by atoms with van der Waals surface area (Å²) in [6, 6.07) is 9.65. The third-order valence-electron chi connectivity index (χ3n) is 2.54. The van der Waals surface area contributed by atoms with Crippen LogP contribution in [-0.2, 0) is 6.42 Å². The van der Waals surface area contributed by atoms with Gasteiger partial charge in [0.05, 0.1) is 13.2 Å². The molecular weight excluding hydrogens is 300 g/mol. The molecule has 2 nitrogen and oxygen atoms in total. The maximum absolute atomic E-state index is 10.2. The smallest absolute Gasteiger partial charge is 0.119 e. The summed E-state index contributed by atoms with van der Waals surface area (Å²) >= 11 is 5.11. The second-order valence-electron chi connectivity index (χ2n) is 3.69. The second-order valence-corrected chi connectivity index (χ2v) is 5.57. The Bertz CT molecular complexity index is 482. The fourth-order valence-corrected chi connectivity index (χ4v) is 2.89. The standard InChI is InChI=1S/C13H13BrO2S/c1-16-9-4-5-12(14)11(7-9)13(15)8-10-3-2-6-17-10/h2-7,13,15H,8H2,1H3. The minimum Gasteiger partial charge on any atom is -0.497 e. The van der Waals surface area contributed by atoms with E-state index in [9.17, 15) is 5.11 Å². The summed E-state index contributed by atoms with van der Waals surface area (Å²) in [7, 11) is 1.62. The van der Waals surface area contributed by atoms with E-state index >= 15 is 0 Å². The van der Waals surface area contributed by atoms with Crippen LogP contribution in [-0.4, -0.2) is 12.2 Å². The van der Waals surface area contributed by atoms with Crippen molar-refractivity contribution in [3.63, 3.8) is 0 Å². The van der Waals surface area contributed by atoms with Crippen molar-refractivity contribution < 1.29 is 9.84 Å². The summed E-state index contributed by atoms with van der Waals surface area (Å²) in [5.74, 6) is 0.758. The lowest BCUT2D eigenvalue weighted by Crippen LogP contribution is -2.02. The third-order valence-corrected chi connectivity index (χ3v) is 4.16. The Balaban J connectivity index is 2.20. The van der Waals surface area contributed by atoms with Gasteiger partial charge < -0.3 is 9.84 Å². The van der Waals surface area contributed by atoms with E-state index in [0.29, 0.717) is 6.42 Å². The number of aliphatic hydroxyl groups is 1. The average Bonchev–Trinajstić information content (AvgIpc) is 2.82. The summed E-state index contributed by atoms with van der Waals surface area (Å²) in [6.45, 7) is 0. The molecule has 0 fully saturated rings. The molecule has 1 unspecified atom stereocenters. The van der Waals surface area contributed by atoms with Crippen LogP contribution in [0.5, 0.6) is 5.75 Å². The quantitative estimate of drug-likeness (QED) is 0.930. The first kappa shape index (κ1) is 12.6. The Labute approximate surface area is 113 Å². The number of rotatable bonds is 4. The van der Waals surface area contributed by atoms with Gasteiger partial charge in [0, 0.05) is 15.8 Å². The van der Waals surface area contributed by atoms with Crippen LogP contribution in [0.15, 0.2) is 40.2 Å². The Kier molecular flexibility index (Phi) is 4.20. The molecule has 2 rings (SSSR count). The van der Waals surface area contributed by atoms with Crippen molar-refractivity contribution in [1.29, 1.82) is 0 Å². The lowest BCUT2D eigenvalue weighted by molar-refractivity contribution is 0.178. The van der Waals surface area contributed by atoms with Crippen molar-refractivity contribution in [1.82, 2.24) is 0 Å². The Morgan fingerprint density at radius 1 is 1.41 bits per heavy atom. The van der Waals surface area contributed by atoms with Crippen LogP contribution in [0.4, 0.5) is 0 Å². The zero-order valence-electron chi connectivity index (χ0n) is 9.39. The van der Waals surface area contributed by atoms with Crippen LogP contribution in [0, 0.1) is 0 Å². The highest BCUT2D eigenvalue weighted by Gasteiger charge is 2.13. The molecule has 0 radical (unpaired) electrons. The lowest BCUT2D eigenvalue weighted by Gasteiger charge is -2.13. The summed E-state index contributed by atoms with van der Waals surface area (Å²) in [4.78, 5) is 1.17. The van der Waals surface area contributed by atoms with Crippen molar-refractivity contribution in [2.24, 2.45) is 0 Å². The highest BCUT2D eigenvalue weighted by Crippen LogP contribution is 2.30. The van der Waals surface area contributed by atoms with Crippen molar-refractivity contribution >= 4 is 27.3 Å². The Hall–Kier alpha value is -0.840. The van der Waals surface area contributed by atoms with Gasteiger partial charge in [-0.1, -0.05) is 22.0 Å². The number of aliphatic hydroxyl groups excluding tert-OH is 1.